The third kappa shape index (κ3) is 4.69. The maximum absolute atomic E-state index is 13.7. The number of rotatable bonds is 7. The summed E-state index contributed by atoms with van der Waals surface area (Å²) in [6.45, 7) is -0.179. The molecule has 0 amide bonds. The van der Waals surface area contributed by atoms with Gasteiger partial charge >= 0.3 is 0 Å². The smallest absolute Gasteiger partial charge is 0.232 e. The minimum atomic E-state index is -0.868. The molecule has 0 atom stereocenters. The first-order valence-corrected chi connectivity index (χ1v) is 9.81. The zero-order valence-corrected chi connectivity index (χ0v) is 18.5. The fourth-order valence-corrected chi connectivity index (χ4v) is 3.36. The molecule has 0 spiro atoms. The summed E-state index contributed by atoms with van der Waals surface area (Å²) < 4.78 is 30.0. The quantitative estimate of drug-likeness (QED) is 0.283. The second-order valence-corrected chi connectivity index (χ2v) is 7.29. The predicted molar refractivity (Wildman–Crippen MR) is 120 cm³/mol. The lowest BCUT2D eigenvalue weighted by molar-refractivity contribution is 0.284. The Morgan fingerprint density at radius 1 is 1.16 bits per heavy atom. The first-order chi connectivity index (χ1) is 15.3. The van der Waals surface area contributed by atoms with E-state index in [9.17, 15) is 9.65 Å². The number of nitrogen functional groups attached to an aromatic ring is 1. The van der Waals surface area contributed by atoms with E-state index in [1.165, 1.54) is 26.4 Å². The molecule has 0 fully saturated rings. The lowest BCUT2D eigenvalue weighted by Gasteiger charge is -2.16. The summed E-state index contributed by atoms with van der Waals surface area (Å²) in [5.74, 6) is 0.0856. The van der Waals surface area contributed by atoms with E-state index < -0.39 is 5.95 Å². The van der Waals surface area contributed by atoms with Gasteiger partial charge in [-0.25, -0.2) is 4.98 Å². The molecule has 0 saturated carbocycles. The summed E-state index contributed by atoms with van der Waals surface area (Å²) in [6, 6.07) is 9.78. The monoisotopic (exact) mass is 474 g/mol. The fourth-order valence-electron chi connectivity index (χ4n) is 2.91. The zero-order chi connectivity index (χ0) is 23.4. The molecule has 0 aliphatic heterocycles. The molecule has 0 unspecified atom stereocenters. The van der Waals surface area contributed by atoms with Gasteiger partial charge in [-0.1, -0.05) is 23.2 Å². The van der Waals surface area contributed by atoms with Gasteiger partial charge in [0.25, 0.3) is 0 Å². The molecule has 0 aliphatic rings. The number of methoxy groups -OCH3 is 2. The van der Waals surface area contributed by atoms with Crippen molar-refractivity contribution in [2.45, 2.75) is 6.61 Å². The number of hydrogen-bond acceptors (Lipinski definition) is 7. The van der Waals surface area contributed by atoms with E-state index in [0.717, 1.165) is 6.20 Å². The molecule has 10 heteroatoms. The average Bonchev–Trinajstić information content (AvgIpc) is 2.81. The van der Waals surface area contributed by atoms with Crippen LogP contribution in [0.5, 0.6) is 17.2 Å². The summed E-state index contributed by atoms with van der Waals surface area (Å²) in [6.07, 6.45) is 1.14. The predicted octanol–water partition coefficient (Wildman–Crippen LogP) is 4.99. The fraction of sp³-hybridized carbons (Fsp3) is 0.136. The first-order valence-electron chi connectivity index (χ1n) is 9.06. The molecule has 0 aliphatic carbocycles. The van der Waals surface area contributed by atoms with Crippen LogP contribution in [0.15, 0.2) is 36.5 Å². The van der Waals surface area contributed by atoms with Gasteiger partial charge < -0.3 is 19.9 Å². The Labute approximate surface area is 193 Å². The molecule has 3 N–H and O–H groups in total. The number of halogens is 3. The highest BCUT2D eigenvalue weighted by Gasteiger charge is 2.18. The number of aromatic nitrogens is 1. The molecule has 2 aromatic carbocycles. The summed E-state index contributed by atoms with van der Waals surface area (Å²) in [4.78, 5) is 3.45. The van der Waals surface area contributed by atoms with Crippen molar-refractivity contribution < 1.29 is 18.6 Å². The highest BCUT2D eigenvalue weighted by molar-refractivity contribution is 6.35. The third-order valence-electron chi connectivity index (χ3n) is 4.56. The number of nitrogens with one attached hydrogen (secondary N) is 1. The molecule has 1 aromatic heterocycles. The van der Waals surface area contributed by atoms with Crippen molar-refractivity contribution in [1.29, 1.82) is 10.7 Å². The molecular formula is C22H17Cl2FN4O3. The Balaban J connectivity index is 2.00. The van der Waals surface area contributed by atoms with Crippen LogP contribution in [0.3, 0.4) is 0 Å². The minimum Gasteiger partial charge on any atom is -0.497 e. The average molecular weight is 475 g/mol. The van der Waals surface area contributed by atoms with Crippen LogP contribution in [0.4, 0.5) is 10.1 Å². The number of anilines is 1. The van der Waals surface area contributed by atoms with E-state index in [1.807, 2.05) is 6.07 Å². The molecule has 7 nitrogen and oxygen atoms in total. The van der Waals surface area contributed by atoms with Crippen LogP contribution in [0.25, 0.3) is 0 Å². The van der Waals surface area contributed by atoms with Crippen molar-refractivity contribution >= 4 is 34.6 Å². The molecule has 1 heterocycles. The second kappa shape index (κ2) is 9.73. The highest BCUT2D eigenvalue weighted by Crippen LogP contribution is 2.35. The van der Waals surface area contributed by atoms with Gasteiger partial charge in [-0.05, 0) is 24.3 Å². The van der Waals surface area contributed by atoms with E-state index in [2.05, 4.69) is 4.98 Å². The highest BCUT2D eigenvalue weighted by atomic mass is 35.5. The Hall–Kier alpha value is -3.54. The van der Waals surface area contributed by atoms with Gasteiger partial charge in [0.2, 0.25) is 5.95 Å². The van der Waals surface area contributed by atoms with E-state index >= 15 is 0 Å². The van der Waals surface area contributed by atoms with Crippen molar-refractivity contribution in [3.63, 3.8) is 0 Å². The van der Waals surface area contributed by atoms with E-state index in [1.54, 1.807) is 18.2 Å². The van der Waals surface area contributed by atoms with Crippen LogP contribution < -0.4 is 19.9 Å². The maximum atomic E-state index is 13.7. The van der Waals surface area contributed by atoms with Crippen LogP contribution in [0, 0.1) is 22.7 Å². The third-order valence-corrected chi connectivity index (χ3v) is 5.27. The number of pyridine rings is 1. The number of ether oxygens (including phenoxy) is 3. The van der Waals surface area contributed by atoms with Gasteiger partial charge in [-0.15, -0.1) is 0 Å². The molecule has 0 radical (unpaired) electrons. The molecule has 3 aromatic rings. The Morgan fingerprint density at radius 3 is 2.56 bits per heavy atom. The van der Waals surface area contributed by atoms with Crippen molar-refractivity contribution in [3.05, 3.63) is 74.8 Å². The summed E-state index contributed by atoms with van der Waals surface area (Å²) in [5, 5.41) is 17.8. The Morgan fingerprint density at radius 2 is 1.91 bits per heavy atom. The van der Waals surface area contributed by atoms with Crippen molar-refractivity contribution in [2.24, 2.45) is 0 Å². The van der Waals surface area contributed by atoms with Crippen LogP contribution in [-0.4, -0.2) is 24.9 Å². The first kappa shape index (κ1) is 23.1. The van der Waals surface area contributed by atoms with Gasteiger partial charge in [0.15, 0.2) is 11.5 Å². The number of nitrogens with two attached hydrogens (primary N) is 1. The lowest BCUT2D eigenvalue weighted by atomic mass is 9.98. The normalized spacial score (nSPS) is 10.4. The largest absolute Gasteiger partial charge is 0.497 e. The van der Waals surface area contributed by atoms with Crippen molar-refractivity contribution in [3.8, 4) is 23.3 Å². The number of nitriles is 1. The molecule has 0 saturated heterocycles. The topological polar surface area (TPSA) is 114 Å². The molecule has 0 bridgehead atoms. The molecule has 3 rings (SSSR count). The SMILES string of the molecule is COc1cc(C#N)cc(C(=N)c2cc(OCc3c(Cl)cnc(F)c3Cl)c(OC)cc2N)c1. The van der Waals surface area contributed by atoms with Gasteiger partial charge in [0.1, 0.15) is 17.4 Å². The summed E-state index contributed by atoms with van der Waals surface area (Å²) in [5.41, 5.74) is 7.74. The van der Waals surface area contributed by atoms with Crippen LogP contribution in [0.2, 0.25) is 10.0 Å². The van der Waals surface area contributed by atoms with Gasteiger partial charge in [0.05, 0.1) is 36.6 Å². The maximum Gasteiger partial charge on any atom is 0.232 e. The summed E-state index contributed by atoms with van der Waals surface area (Å²) >= 11 is 12.0. The van der Waals surface area contributed by atoms with E-state index in [-0.39, 0.29) is 39.4 Å². The van der Waals surface area contributed by atoms with E-state index in [4.69, 9.17) is 48.6 Å². The van der Waals surface area contributed by atoms with Crippen LogP contribution in [0.1, 0.15) is 22.3 Å². The lowest BCUT2D eigenvalue weighted by Crippen LogP contribution is -2.08. The summed E-state index contributed by atoms with van der Waals surface area (Å²) in [7, 11) is 2.90. The van der Waals surface area contributed by atoms with Gasteiger partial charge in [0, 0.05) is 34.6 Å². The molecule has 164 valence electrons. The van der Waals surface area contributed by atoms with Crippen LogP contribution in [-0.2, 0) is 6.61 Å². The van der Waals surface area contributed by atoms with Gasteiger partial charge in [-0.3, -0.25) is 5.41 Å². The van der Waals surface area contributed by atoms with E-state index in [0.29, 0.717) is 28.2 Å². The van der Waals surface area contributed by atoms with Gasteiger partial charge in [-0.2, -0.15) is 9.65 Å². The number of benzene rings is 2. The van der Waals surface area contributed by atoms with Crippen LogP contribution >= 0.6 is 23.2 Å². The molecule has 32 heavy (non-hydrogen) atoms. The second-order valence-electron chi connectivity index (χ2n) is 6.51. The minimum absolute atomic E-state index is 0.0384. The van der Waals surface area contributed by atoms with Crippen molar-refractivity contribution in [1.82, 2.24) is 4.98 Å². The standard InChI is InChI=1S/C22H17Cl2FN4O3/c1-30-13-4-11(8-26)3-12(5-13)21(28)14-6-19(18(31-2)7-17(14)27)32-10-15-16(23)9-29-22(25)20(15)24/h3-7,9,28H,10,27H2,1-2H3. The number of hydrogen-bond donors (Lipinski definition) is 2. The Bertz CT molecular complexity index is 1240. The Kier molecular flexibility index (Phi) is 7.03. The zero-order valence-electron chi connectivity index (χ0n) is 17.0. The number of nitrogens with zero attached hydrogens (tertiary/aromatic N) is 2. The van der Waals surface area contributed by atoms with Crippen molar-refractivity contribution in [2.75, 3.05) is 20.0 Å². The molecular weight excluding hydrogens is 458 g/mol.